The molecule has 0 aliphatic heterocycles. The Labute approximate surface area is 217 Å². The number of nitrogens with zero attached hydrogens (tertiary/aromatic N) is 5. The molecule has 4 N–H and O–H groups in total. The van der Waals surface area contributed by atoms with Crippen LogP contribution in [0.1, 0.15) is 37.7 Å². The molecule has 2 heterocycles. The molecule has 1 saturated carbocycles. The van der Waals surface area contributed by atoms with E-state index in [9.17, 15) is 8.42 Å². The maximum atomic E-state index is 11.9. The molecule has 37 heavy (non-hydrogen) atoms. The molecule has 0 radical (unpaired) electrons. The number of imidazole rings is 1. The number of benzene rings is 2. The molecule has 2 aromatic carbocycles. The first-order valence-electron chi connectivity index (χ1n) is 12.4. The van der Waals surface area contributed by atoms with Crippen LogP contribution in [0.4, 0.5) is 29.1 Å². The van der Waals surface area contributed by atoms with Crippen LogP contribution in [0, 0.1) is 6.92 Å². The van der Waals surface area contributed by atoms with E-state index < -0.39 is 10.0 Å². The topological polar surface area (TPSA) is 131 Å². The first-order valence-corrected chi connectivity index (χ1v) is 13.9. The highest BCUT2D eigenvalue weighted by Crippen LogP contribution is 2.29. The summed E-state index contributed by atoms with van der Waals surface area (Å²) in [5, 5.41) is 12.0. The van der Waals surface area contributed by atoms with Crippen molar-refractivity contribution in [3.05, 3.63) is 54.2 Å². The normalized spacial score (nSPS) is 14.6. The molecule has 0 bridgehead atoms. The summed E-state index contributed by atoms with van der Waals surface area (Å²) < 4.78 is 25.9. The van der Waals surface area contributed by atoms with Crippen molar-refractivity contribution < 1.29 is 8.42 Å². The lowest BCUT2D eigenvalue weighted by Gasteiger charge is -2.23. The van der Waals surface area contributed by atoms with Gasteiger partial charge in [0, 0.05) is 37.7 Å². The van der Waals surface area contributed by atoms with Crippen molar-refractivity contribution in [1.82, 2.24) is 19.5 Å². The van der Waals surface area contributed by atoms with Crippen molar-refractivity contribution in [1.29, 1.82) is 0 Å². The largest absolute Gasteiger partial charge is 0.353 e. The lowest BCUT2D eigenvalue weighted by atomic mass is 9.96. The van der Waals surface area contributed by atoms with Crippen molar-refractivity contribution in [3.8, 4) is 0 Å². The Morgan fingerprint density at radius 2 is 1.84 bits per heavy atom. The van der Waals surface area contributed by atoms with Gasteiger partial charge in [0.15, 0.2) is 0 Å². The summed E-state index contributed by atoms with van der Waals surface area (Å²) >= 11 is 0. The van der Waals surface area contributed by atoms with E-state index >= 15 is 0 Å². The minimum Gasteiger partial charge on any atom is -0.353 e. The average Bonchev–Trinajstić information content (AvgIpc) is 3.19. The molecule has 5 rings (SSSR count). The second kappa shape index (κ2) is 9.98. The lowest BCUT2D eigenvalue weighted by Crippen LogP contribution is -2.23. The van der Waals surface area contributed by atoms with Gasteiger partial charge in [-0.3, -0.25) is 0 Å². The molecular formula is C26H32N8O2S. The Balaban J connectivity index is 1.37. The predicted molar refractivity (Wildman–Crippen MR) is 147 cm³/mol. The van der Waals surface area contributed by atoms with Gasteiger partial charge in [-0.05, 0) is 61.7 Å². The van der Waals surface area contributed by atoms with E-state index in [1.54, 1.807) is 25.3 Å². The maximum absolute atomic E-state index is 11.9. The van der Waals surface area contributed by atoms with Crippen LogP contribution in [0.15, 0.2) is 53.6 Å². The Hall–Kier alpha value is -3.70. The van der Waals surface area contributed by atoms with Crippen molar-refractivity contribution in [3.63, 3.8) is 0 Å². The quantitative estimate of drug-likeness (QED) is 0.323. The highest BCUT2D eigenvalue weighted by atomic mass is 32.2. The molecule has 1 aliphatic rings. The standard InChI is InChI=1S/C26H32N8O2S/c1-17-9-10-19(15-23(17)37(27,35)36)29-25-28-14-13-24(32-25)33(2)20-11-12-22-21(16-20)31-26(34(22)3)30-18-7-5-4-6-8-18/h9-16,18H,4-8H2,1-3H3,(H,30,31)(H2,27,35,36)(H,28,29,32). The van der Waals surface area contributed by atoms with Crippen molar-refractivity contribution in [2.75, 3.05) is 22.6 Å². The number of anilines is 5. The van der Waals surface area contributed by atoms with Crippen LogP contribution in [0.2, 0.25) is 0 Å². The smallest absolute Gasteiger partial charge is 0.238 e. The third-order valence-electron chi connectivity index (χ3n) is 6.93. The number of hydrogen-bond donors (Lipinski definition) is 3. The molecule has 1 aliphatic carbocycles. The maximum Gasteiger partial charge on any atom is 0.238 e. The van der Waals surface area contributed by atoms with Gasteiger partial charge in [-0.15, -0.1) is 0 Å². The first kappa shape index (κ1) is 25.0. The Morgan fingerprint density at radius 3 is 2.59 bits per heavy atom. The number of nitrogens with two attached hydrogens (primary N) is 1. The number of aromatic nitrogens is 4. The van der Waals surface area contributed by atoms with Crippen LogP contribution < -0.4 is 20.7 Å². The van der Waals surface area contributed by atoms with E-state index in [1.165, 1.54) is 38.2 Å². The lowest BCUT2D eigenvalue weighted by molar-refractivity contribution is 0.460. The second-order valence-corrected chi connectivity index (χ2v) is 11.1. The Bertz CT molecular complexity index is 1540. The predicted octanol–water partition coefficient (Wildman–Crippen LogP) is 4.58. The van der Waals surface area contributed by atoms with Crippen LogP contribution in [-0.2, 0) is 17.1 Å². The van der Waals surface area contributed by atoms with Crippen LogP contribution >= 0.6 is 0 Å². The molecule has 0 atom stereocenters. The third-order valence-corrected chi connectivity index (χ3v) is 7.98. The van der Waals surface area contributed by atoms with E-state index in [-0.39, 0.29) is 4.90 Å². The van der Waals surface area contributed by atoms with Gasteiger partial charge >= 0.3 is 0 Å². The highest BCUT2D eigenvalue weighted by Gasteiger charge is 2.18. The van der Waals surface area contributed by atoms with Crippen LogP contribution in [0.25, 0.3) is 11.0 Å². The Morgan fingerprint density at radius 1 is 1.05 bits per heavy atom. The second-order valence-electron chi connectivity index (χ2n) is 9.59. The highest BCUT2D eigenvalue weighted by molar-refractivity contribution is 7.89. The summed E-state index contributed by atoms with van der Waals surface area (Å²) in [6.45, 7) is 1.70. The fourth-order valence-corrected chi connectivity index (χ4v) is 5.61. The number of nitrogens with one attached hydrogen (secondary N) is 2. The number of primary sulfonamides is 1. The van der Waals surface area contributed by atoms with Crippen LogP contribution in [0.3, 0.4) is 0 Å². The van der Waals surface area contributed by atoms with Gasteiger partial charge in [0.1, 0.15) is 5.82 Å². The van der Waals surface area contributed by atoms with Gasteiger partial charge in [-0.2, -0.15) is 4.98 Å². The van der Waals surface area contributed by atoms with Gasteiger partial charge in [-0.25, -0.2) is 23.5 Å². The summed E-state index contributed by atoms with van der Waals surface area (Å²) in [7, 11) is 0.138. The third kappa shape index (κ3) is 5.37. The molecule has 0 amide bonds. The molecule has 194 valence electrons. The molecule has 10 nitrogen and oxygen atoms in total. The minimum atomic E-state index is -3.84. The number of sulfonamides is 1. The zero-order valence-corrected chi connectivity index (χ0v) is 22.1. The molecule has 0 unspecified atom stereocenters. The Kier molecular flexibility index (Phi) is 6.74. The van der Waals surface area contributed by atoms with Crippen molar-refractivity contribution in [2.45, 2.75) is 50.0 Å². The number of fused-ring (bicyclic) bond motifs is 1. The molecule has 4 aromatic rings. The van der Waals surface area contributed by atoms with Crippen molar-refractivity contribution >= 4 is 50.1 Å². The number of aryl methyl sites for hydroxylation is 2. The number of rotatable bonds is 7. The fraction of sp³-hybridized carbons (Fsp3) is 0.346. The van der Waals surface area contributed by atoms with E-state index in [1.807, 2.05) is 31.1 Å². The summed E-state index contributed by atoms with van der Waals surface area (Å²) in [6.07, 6.45) is 7.88. The molecule has 0 spiro atoms. The SMILES string of the molecule is Cc1ccc(Nc2nccc(N(C)c3ccc4c(c3)nc(NC3CCCCC3)n4C)n2)cc1S(N)(=O)=O. The van der Waals surface area contributed by atoms with Crippen LogP contribution in [0.5, 0.6) is 0 Å². The number of hydrogen-bond acceptors (Lipinski definition) is 8. The fourth-order valence-electron chi connectivity index (χ4n) is 4.80. The van der Waals surface area contributed by atoms with E-state index in [2.05, 4.69) is 37.3 Å². The van der Waals surface area contributed by atoms with Gasteiger partial charge in [-0.1, -0.05) is 25.3 Å². The summed E-state index contributed by atoms with van der Waals surface area (Å²) in [5.41, 5.74) is 4.01. The van der Waals surface area contributed by atoms with Crippen LogP contribution in [-0.4, -0.2) is 41.0 Å². The van der Waals surface area contributed by atoms with Gasteiger partial charge in [0.2, 0.25) is 21.9 Å². The monoisotopic (exact) mass is 520 g/mol. The van der Waals surface area contributed by atoms with E-state index in [0.29, 0.717) is 29.1 Å². The zero-order chi connectivity index (χ0) is 26.2. The molecule has 1 fully saturated rings. The molecule has 0 saturated heterocycles. The van der Waals surface area contributed by atoms with Crippen molar-refractivity contribution in [2.24, 2.45) is 12.2 Å². The summed E-state index contributed by atoms with van der Waals surface area (Å²) in [5.74, 6) is 1.91. The summed E-state index contributed by atoms with van der Waals surface area (Å²) in [4.78, 5) is 15.8. The van der Waals surface area contributed by atoms with Gasteiger partial charge in [0.25, 0.3) is 0 Å². The molecular weight excluding hydrogens is 488 g/mol. The molecule has 2 aromatic heterocycles. The van der Waals surface area contributed by atoms with Gasteiger partial charge < -0.3 is 20.1 Å². The first-order chi connectivity index (χ1) is 17.7. The molecule has 11 heteroatoms. The zero-order valence-electron chi connectivity index (χ0n) is 21.3. The minimum absolute atomic E-state index is 0.0618. The average molecular weight is 521 g/mol. The van der Waals surface area contributed by atoms with E-state index in [0.717, 1.165) is 22.7 Å². The van der Waals surface area contributed by atoms with Gasteiger partial charge in [0.05, 0.1) is 15.9 Å². The summed E-state index contributed by atoms with van der Waals surface area (Å²) in [6, 6.07) is 13.4. The van der Waals surface area contributed by atoms with E-state index in [4.69, 9.17) is 10.1 Å².